The first kappa shape index (κ1) is 14.5. The number of carbonyl (C=O) groups is 1. The summed E-state index contributed by atoms with van der Waals surface area (Å²) in [5.74, 6) is 0.594. The van der Waals surface area contributed by atoms with E-state index in [1.165, 1.54) is 32.1 Å². The van der Waals surface area contributed by atoms with Crippen LogP contribution in [0.25, 0.3) is 0 Å². The summed E-state index contributed by atoms with van der Waals surface area (Å²) in [6.07, 6.45) is 8.51. The maximum Gasteiger partial charge on any atom is 0.225 e. The largest absolute Gasteiger partial charge is 0.339 e. The molecule has 0 spiro atoms. The van der Waals surface area contributed by atoms with E-state index in [0.717, 1.165) is 12.8 Å². The van der Waals surface area contributed by atoms with Crippen molar-refractivity contribution in [2.45, 2.75) is 64.8 Å². The zero-order valence-electron chi connectivity index (χ0n) is 11.5. The molecule has 0 aromatic rings. The predicted molar refractivity (Wildman–Crippen MR) is 71.7 cm³/mol. The molecule has 1 rings (SSSR count). The Labute approximate surface area is 106 Å². The van der Waals surface area contributed by atoms with Crippen LogP contribution in [0.3, 0.4) is 0 Å². The molecule has 0 aromatic carbocycles. The van der Waals surface area contributed by atoms with Gasteiger partial charge in [-0.15, -0.1) is 0 Å². The fourth-order valence-corrected chi connectivity index (χ4v) is 2.70. The third-order valence-corrected chi connectivity index (χ3v) is 3.73. The van der Waals surface area contributed by atoms with Crippen molar-refractivity contribution in [3.8, 4) is 0 Å². The van der Waals surface area contributed by atoms with Crippen molar-refractivity contribution in [3.05, 3.63) is 0 Å². The minimum absolute atomic E-state index is 0.254. The first-order valence-electron chi connectivity index (χ1n) is 7.17. The molecule has 1 saturated carbocycles. The lowest BCUT2D eigenvalue weighted by Gasteiger charge is -2.31. The second kappa shape index (κ2) is 7.70. The lowest BCUT2D eigenvalue weighted by Crippen LogP contribution is -2.43. The van der Waals surface area contributed by atoms with Crippen molar-refractivity contribution in [2.75, 3.05) is 13.1 Å². The standard InChI is InChI=1S/C14H28N2O/c1-12(2)16(11-10-15)14(17)13-8-6-4-3-5-7-9-13/h12-13H,3-11,15H2,1-2H3. The van der Waals surface area contributed by atoms with E-state index in [1.54, 1.807) is 0 Å². The van der Waals surface area contributed by atoms with E-state index in [2.05, 4.69) is 13.8 Å². The van der Waals surface area contributed by atoms with Gasteiger partial charge in [-0.2, -0.15) is 0 Å². The van der Waals surface area contributed by atoms with Gasteiger partial charge in [0.15, 0.2) is 0 Å². The first-order valence-corrected chi connectivity index (χ1v) is 7.17. The minimum atomic E-state index is 0.254. The predicted octanol–water partition coefficient (Wildman–Crippen LogP) is 2.54. The van der Waals surface area contributed by atoms with Crippen molar-refractivity contribution in [1.29, 1.82) is 0 Å². The van der Waals surface area contributed by atoms with Gasteiger partial charge in [-0.1, -0.05) is 32.1 Å². The molecule has 1 fully saturated rings. The van der Waals surface area contributed by atoms with Gasteiger partial charge in [0.2, 0.25) is 5.91 Å². The maximum atomic E-state index is 12.5. The summed E-state index contributed by atoms with van der Waals surface area (Å²) in [4.78, 5) is 14.4. The van der Waals surface area contributed by atoms with Gasteiger partial charge in [-0.05, 0) is 26.7 Å². The number of nitrogens with two attached hydrogens (primary N) is 1. The van der Waals surface area contributed by atoms with E-state index < -0.39 is 0 Å². The molecular weight excluding hydrogens is 212 g/mol. The Morgan fingerprint density at radius 1 is 1.18 bits per heavy atom. The summed E-state index contributed by atoms with van der Waals surface area (Å²) >= 11 is 0. The lowest BCUT2D eigenvalue weighted by molar-refractivity contribution is -0.137. The highest BCUT2D eigenvalue weighted by molar-refractivity contribution is 5.79. The van der Waals surface area contributed by atoms with E-state index in [9.17, 15) is 4.79 Å². The average molecular weight is 240 g/mol. The lowest BCUT2D eigenvalue weighted by atomic mass is 9.90. The molecule has 3 nitrogen and oxygen atoms in total. The Balaban J connectivity index is 2.56. The Hall–Kier alpha value is -0.570. The van der Waals surface area contributed by atoms with Crippen LogP contribution < -0.4 is 5.73 Å². The number of hydrogen-bond acceptors (Lipinski definition) is 2. The third-order valence-electron chi connectivity index (χ3n) is 3.73. The SMILES string of the molecule is CC(C)N(CCN)C(=O)C1CCCCCCC1. The third kappa shape index (κ3) is 4.66. The number of nitrogens with zero attached hydrogens (tertiary/aromatic N) is 1. The highest BCUT2D eigenvalue weighted by Crippen LogP contribution is 2.24. The number of amides is 1. The van der Waals surface area contributed by atoms with Gasteiger partial charge >= 0.3 is 0 Å². The van der Waals surface area contributed by atoms with Gasteiger partial charge in [0, 0.05) is 25.0 Å². The van der Waals surface area contributed by atoms with Crippen molar-refractivity contribution in [3.63, 3.8) is 0 Å². The van der Waals surface area contributed by atoms with Crippen LogP contribution in [-0.2, 0) is 4.79 Å². The average Bonchev–Trinajstić information content (AvgIpc) is 2.24. The molecule has 3 heteroatoms. The molecule has 0 aromatic heterocycles. The molecule has 2 N–H and O–H groups in total. The van der Waals surface area contributed by atoms with E-state index in [4.69, 9.17) is 5.73 Å². The molecule has 0 bridgehead atoms. The van der Waals surface area contributed by atoms with Gasteiger partial charge in [0.1, 0.15) is 0 Å². The Kier molecular flexibility index (Phi) is 6.56. The molecule has 0 heterocycles. The summed E-state index contributed by atoms with van der Waals surface area (Å²) < 4.78 is 0. The van der Waals surface area contributed by atoms with Crippen molar-refractivity contribution >= 4 is 5.91 Å². The summed E-state index contributed by atoms with van der Waals surface area (Å²) in [6.45, 7) is 5.43. The van der Waals surface area contributed by atoms with Crippen LogP contribution in [0.5, 0.6) is 0 Å². The van der Waals surface area contributed by atoms with Gasteiger partial charge in [-0.25, -0.2) is 0 Å². The topological polar surface area (TPSA) is 46.3 Å². The van der Waals surface area contributed by atoms with Gasteiger partial charge in [0.05, 0.1) is 0 Å². The fraction of sp³-hybridized carbons (Fsp3) is 0.929. The van der Waals surface area contributed by atoms with Crippen LogP contribution in [0.15, 0.2) is 0 Å². The molecule has 0 unspecified atom stereocenters. The number of rotatable bonds is 4. The molecule has 0 aliphatic heterocycles. The molecule has 0 saturated heterocycles. The second-order valence-corrected chi connectivity index (χ2v) is 5.46. The van der Waals surface area contributed by atoms with Gasteiger partial charge in [0.25, 0.3) is 0 Å². The van der Waals surface area contributed by atoms with Gasteiger partial charge in [-0.3, -0.25) is 4.79 Å². The molecule has 1 amide bonds. The van der Waals surface area contributed by atoms with E-state index in [0.29, 0.717) is 19.0 Å². The van der Waals surface area contributed by atoms with E-state index in [-0.39, 0.29) is 12.0 Å². The number of hydrogen-bond donors (Lipinski definition) is 1. The zero-order valence-corrected chi connectivity index (χ0v) is 11.5. The zero-order chi connectivity index (χ0) is 12.7. The highest BCUT2D eigenvalue weighted by Gasteiger charge is 2.25. The van der Waals surface area contributed by atoms with Crippen molar-refractivity contribution < 1.29 is 4.79 Å². The summed E-state index contributed by atoms with van der Waals surface area (Å²) in [5, 5.41) is 0. The summed E-state index contributed by atoms with van der Waals surface area (Å²) in [6, 6.07) is 0.275. The molecule has 100 valence electrons. The van der Waals surface area contributed by atoms with Crippen molar-refractivity contribution in [1.82, 2.24) is 4.90 Å². The monoisotopic (exact) mass is 240 g/mol. The van der Waals surface area contributed by atoms with Crippen molar-refractivity contribution in [2.24, 2.45) is 11.7 Å². The smallest absolute Gasteiger partial charge is 0.225 e. The molecule has 0 radical (unpaired) electrons. The molecule has 1 aliphatic carbocycles. The molecule has 17 heavy (non-hydrogen) atoms. The van der Waals surface area contributed by atoms with E-state index >= 15 is 0 Å². The molecular formula is C14H28N2O. The summed E-state index contributed by atoms with van der Waals surface area (Å²) in [5.41, 5.74) is 5.60. The second-order valence-electron chi connectivity index (χ2n) is 5.46. The Morgan fingerprint density at radius 3 is 2.18 bits per heavy atom. The van der Waals surface area contributed by atoms with E-state index in [1.807, 2.05) is 4.90 Å². The molecule has 0 atom stereocenters. The van der Waals surface area contributed by atoms with Crippen LogP contribution >= 0.6 is 0 Å². The Bertz CT molecular complexity index is 220. The summed E-state index contributed by atoms with van der Waals surface area (Å²) in [7, 11) is 0. The van der Waals surface area contributed by atoms with Crippen LogP contribution in [0.4, 0.5) is 0 Å². The normalized spacial score (nSPS) is 18.8. The quantitative estimate of drug-likeness (QED) is 0.821. The first-order chi connectivity index (χ1) is 8.16. The molecule has 1 aliphatic rings. The Morgan fingerprint density at radius 2 is 1.71 bits per heavy atom. The van der Waals surface area contributed by atoms with Crippen LogP contribution in [-0.4, -0.2) is 29.9 Å². The highest BCUT2D eigenvalue weighted by atomic mass is 16.2. The minimum Gasteiger partial charge on any atom is -0.339 e. The fourth-order valence-electron chi connectivity index (χ4n) is 2.70. The maximum absolute atomic E-state index is 12.5. The van der Waals surface area contributed by atoms with Crippen LogP contribution in [0, 0.1) is 5.92 Å². The number of carbonyl (C=O) groups excluding carboxylic acids is 1. The van der Waals surface area contributed by atoms with Gasteiger partial charge < -0.3 is 10.6 Å². The van der Waals surface area contributed by atoms with Crippen LogP contribution in [0.2, 0.25) is 0 Å². The van der Waals surface area contributed by atoms with Crippen LogP contribution in [0.1, 0.15) is 58.8 Å².